The van der Waals surface area contributed by atoms with Crippen LogP contribution in [0, 0.1) is 5.92 Å². The number of benzene rings is 2. The number of carbonyl (C=O) groups is 4. The fourth-order valence-corrected chi connectivity index (χ4v) is 4.43. The van der Waals surface area contributed by atoms with Gasteiger partial charge in [0, 0.05) is 44.2 Å². The van der Waals surface area contributed by atoms with Crippen molar-refractivity contribution in [2.24, 2.45) is 5.92 Å². The van der Waals surface area contributed by atoms with Gasteiger partial charge < -0.3 is 29.7 Å². The number of para-hydroxylation sites is 1. The molecule has 1 aromatic heterocycles. The van der Waals surface area contributed by atoms with Crippen LogP contribution in [0.25, 0.3) is 10.9 Å². The largest absolute Gasteiger partial charge is 0.488 e. The lowest BCUT2D eigenvalue weighted by Gasteiger charge is -2.35. The van der Waals surface area contributed by atoms with E-state index in [-0.39, 0.29) is 51.4 Å². The number of carboxylic acid groups (broad SMARTS) is 1. The minimum absolute atomic E-state index is 0.0426. The second-order valence-electron chi connectivity index (χ2n) is 9.24. The molecule has 0 saturated carbocycles. The van der Waals surface area contributed by atoms with E-state index < -0.39 is 29.8 Å². The zero-order chi connectivity index (χ0) is 28.5. The Bertz CT molecular complexity index is 1360. The maximum Gasteiger partial charge on any atom is 0.409 e. The molecule has 3 amide bonds. The molecule has 0 bridgehead atoms. The van der Waals surface area contributed by atoms with Crippen LogP contribution in [0.5, 0.6) is 5.75 Å². The number of piperazine rings is 1. The van der Waals surface area contributed by atoms with Crippen molar-refractivity contribution in [3.8, 4) is 5.75 Å². The third-order valence-electron chi connectivity index (χ3n) is 6.58. The van der Waals surface area contributed by atoms with Crippen molar-refractivity contribution in [3.05, 3.63) is 71.9 Å². The van der Waals surface area contributed by atoms with E-state index in [0.29, 0.717) is 17.9 Å². The average molecular weight is 549 g/mol. The van der Waals surface area contributed by atoms with Crippen molar-refractivity contribution >= 4 is 34.8 Å². The van der Waals surface area contributed by atoms with Gasteiger partial charge in [-0.25, -0.2) is 9.78 Å². The summed E-state index contributed by atoms with van der Waals surface area (Å²) in [6.07, 6.45) is -0.550. The van der Waals surface area contributed by atoms with Crippen LogP contribution in [0.3, 0.4) is 0 Å². The number of fused-ring (bicyclic) bond motifs is 1. The maximum atomic E-state index is 13.0. The highest BCUT2D eigenvalue weighted by Crippen LogP contribution is 2.26. The summed E-state index contributed by atoms with van der Waals surface area (Å²) < 4.78 is 11.0. The number of carbonyl (C=O) groups excluding carboxylic acids is 3. The monoisotopic (exact) mass is 548 g/mol. The predicted octanol–water partition coefficient (Wildman–Crippen LogP) is 2.94. The molecule has 11 nitrogen and oxygen atoms in total. The molecule has 3 aromatic rings. The van der Waals surface area contributed by atoms with Crippen molar-refractivity contribution in [1.82, 2.24) is 20.1 Å². The van der Waals surface area contributed by atoms with E-state index in [1.54, 1.807) is 19.1 Å². The Kier molecular flexibility index (Phi) is 9.50. The molecular formula is C29H32N4O7. The second kappa shape index (κ2) is 13.4. The molecule has 2 aromatic carbocycles. The van der Waals surface area contributed by atoms with E-state index in [2.05, 4.69) is 10.3 Å². The number of amides is 3. The number of nitrogens with one attached hydrogen (secondary N) is 1. The summed E-state index contributed by atoms with van der Waals surface area (Å²) in [5.74, 6) is -3.16. The van der Waals surface area contributed by atoms with Gasteiger partial charge in [-0.2, -0.15) is 0 Å². The fraction of sp³-hybridized carbons (Fsp3) is 0.345. The highest BCUT2D eigenvalue weighted by Gasteiger charge is 2.33. The highest BCUT2D eigenvalue weighted by atomic mass is 16.6. The van der Waals surface area contributed by atoms with Crippen molar-refractivity contribution in [1.29, 1.82) is 0 Å². The van der Waals surface area contributed by atoms with Gasteiger partial charge in [-0.1, -0.05) is 42.5 Å². The summed E-state index contributed by atoms with van der Waals surface area (Å²) >= 11 is 0. The number of pyridine rings is 1. The molecule has 2 N–H and O–H groups in total. The first-order chi connectivity index (χ1) is 19.4. The van der Waals surface area contributed by atoms with Gasteiger partial charge in [0.2, 0.25) is 5.91 Å². The first-order valence-corrected chi connectivity index (χ1v) is 13.2. The Labute approximate surface area is 231 Å². The van der Waals surface area contributed by atoms with Crippen LogP contribution in [0.4, 0.5) is 4.79 Å². The minimum atomic E-state index is -1.33. The topological polar surface area (TPSA) is 138 Å². The molecule has 1 aliphatic rings. The van der Waals surface area contributed by atoms with Crippen LogP contribution < -0.4 is 10.1 Å². The molecule has 1 fully saturated rings. The van der Waals surface area contributed by atoms with E-state index in [1.165, 1.54) is 9.80 Å². The zero-order valence-corrected chi connectivity index (χ0v) is 22.2. The van der Waals surface area contributed by atoms with Gasteiger partial charge in [0.25, 0.3) is 5.91 Å². The molecule has 0 spiro atoms. The summed E-state index contributed by atoms with van der Waals surface area (Å²) in [5.41, 5.74) is 1.68. The van der Waals surface area contributed by atoms with E-state index >= 15 is 0 Å². The third-order valence-corrected chi connectivity index (χ3v) is 6.58. The van der Waals surface area contributed by atoms with E-state index in [0.717, 1.165) is 10.9 Å². The molecule has 2 heterocycles. The first kappa shape index (κ1) is 28.3. The van der Waals surface area contributed by atoms with Crippen LogP contribution in [0.1, 0.15) is 29.4 Å². The van der Waals surface area contributed by atoms with Gasteiger partial charge in [-0.15, -0.1) is 0 Å². The van der Waals surface area contributed by atoms with Gasteiger partial charge in [0.05, 0.1) is 12.1 Å². The highest BCUT2D eigenvalue weighted by molar-refractivity contribution is 5.98. The van der Waals surface area contributed by atoms with Gasteiger partial charge >= 0.3 is 12.1 Å². The Morgan fingerprint density at radius 1 is 0.975 bits per heavy atom. The number of ether oxygens (including phenoxy) is 2. The van der Waals surface area contributed by atoms with Crippen LogP contribution in [0.15, 0.2) is 60.7 Å². The molecule has 4 rings (SSSR count). The van der Waals surface area contributed by atoms with E-state index in [1.807, 2.05) is 48.5 Å². The van der Waals surface area contributed by atoms with Gasteiger partial charge in [-0.05, 0) is 31.0 Å². The van der Waals surface area contributed by atoms with E-state index in [4.69, 9.17) is 9.47 Å². The molecule has 0 aliphatic carbocycles. The molecule has 11 heteroatoms. The molecular weight excluding hydrogens is 516 g/mol. The van der Waals surface area contributed by atoms with Crippen LogP contribution >= 0.6 is 0 Å². The molecule has 210 valence electrons. The number of hydrogen-bond donors (Lipinski definition) is 2. The van der Waals surface area contributed by atoms with Gasteiger partial charge in [0.15, 0.2) is 0 Å². The Morgan fingerprint density at radius 2 is 1.65 bits per heavy atom. The Morgan fingerprint density at radius 3 is 2.35 bits per heavy atom. The molecule has 1 saturated heterocycles. The summed E-state index contributed by atoms with van der Waals surface area (Å²) in [4.78, 5) is 57.0. The lowest BCUT2D eigenvalue weighted by atomic mass is 10.0. The number of aliphatic carboxylic acids is 1. The average Bonchev–Trinajstić information content (AvgIpc) is 2.98. The molecule has 1 atom stereocenters. The Hall–Kier alpha value is -4.67. The SMILES string of the molecule is CCOC(=O)N1CCN(C(=O)C(CCNC(=O)c2cc(OCc3ccccc3)c3ccccc3n2)C(=O)O)CC1. The predicted molar refractivity (Wildman–Crippen MR) is 146 cm³/mol. The lowest BCUT2D eigenvalue weighted by molar-refractivity contribution is -0.152. The normalized spacial score (nSPS) is 13.9. The van der Waals surface area contributed by atoms with Crippen LogP contribution in [-0.4, -0.2) is 83.1 Å². The summed E-state index contributed by atoms with van der Waals surface area (Å²) in [7, 11) is 0. The van der Waals surface area contributed by atoms with Crippen LogP contribution in [-0.2, 0) is 20.9 Å². The van der Waals surface area contributed by atoms with Crippen molar-refractivity contribution in [3.63, 3.8) is 0 Å². The minimum Gasteiger partial charge on any atom is -0.488 e. The maximum absolute atomic E-state index is 13.0. The number of carboxylic acids is 1. The molecule has 1 aliphatic heterocycles. The fourth-order valence-electron chi connectivity index (χ4n) is 4.43. The van der Waals surface area contributed by atoms with Crippen molar-refractivity contribution in [2.45, 2.75) is 20.0 Å². The molecule has 0 radical (unpaired) electrons. The number of hydrogen-bond acceptors (Lipinski definition) is 7. The standard InChI is InChI=1S/C29H32N4O7/c1-2-39-29(38)33-16-14-32(15-17-33)27(35)22(28(36)37)12-13-30-26(34)24-18-25(21-10-6-7-11-23(21)31-24)40-19-20-8-4-3-5-9-20/h3-11,18,22H,2,12-17,19H2,1H3,(H,30,34)(H,36,37). The number of rotatable bonds is 10. The zero-order valence-electron chi connectivity index (χ0n) is 22.2. The lowest BCUT2D eigenvalue weighted by Crippen LogP contribution is -2.53. The van der Waals surface area contributed by atoms with E-state index in [9.17, 15) is 24.3 Å². The molecule has 1 unspecified atom stereocenters. The Balaban J connectivity index is 1.37. The quantitative estimate of drug-likeness (QED) is 0.369. The second-order valence-corrected chi connectivity index (χ2v) is 9.24. The third kappa shape index (κ3) is 7.04. The smallest absolute Gasteiger partial charge is 0.409 e. The number of aromatic nitrogens is 1. The summed E-state index contributed by atoms with van der Waals surface area (Å²) in [6.45, 7) is 3.17. The summed E-state index contributed by atoms with van der Waals surface area (Å²) in [5, 5.41) is 13.1. The summed E-state index contributed by atoms with van der Waals surface area (Å²) in [6, 6.07) is 18.5. The van der Waals surface area contributed by atoms with Crippen molar-refractivity contribution in [2.75, 3.05) is 39.3 Å². The number of nitrogens with zero attached hydrogens (tertiary/aromatic N) is 3. The van der Waals surface area contributed by atoms with Crippen molar-refractivity contribution < 1.29 is 33.8 Å². The van der Waals surface area contributed by atoms with Gasteiger partial charge in [0.1, 0.15) is 24.0 Å². The van der Waals surface area contributed by atoms with Crippen LogP contribution in [0.2, 0.25) is 0 Å². The molecule has 40 heavy (non-hydrogen) atoms. The first-order valence-electron chi connectivity index (χ1n) is 13.2. The van der Waals surface area contributed by atoms with Gasteiger partial charge in [-0.3, -0.25) is 14.4 Å².